The summed E-state index contributed by atoms with van der Waals surface area (Å²) in [6.45, 7) is 0.869. The van der Waals surface area contributed by atoms with Crippen LogP contribution < -0.4 is 0 Å². The van der Waals surface area contributed by atoms with E-state index < -0.39 is 6.10 Å². The van der Waals surface area contributed by atoms with E-state index in [-0.39, 0.29) is 5.92 Å². The van der Waals surface area contributed by atoms with E-state index in [1.165, 1.54) is 27.1 Å². The highest BCUT2D eigenvalue weighted by Crippen LogP contribution is 2.46. The van der Waals surface area contributed by atoms with E-state index in [2.05, 4.69) is 85.7 Å². The van der Waals surface area contributed by atoms with Crippen LogP contribution in [0.2, 0.25) is 0 Å². The predicted molar refractivity (Wildman–Crippen MR) is 113 cm³/mol. The number of benzene rings is 3. The van der Waals surface area contributed by atoms with Crippen LogP contribution in [-0.4, -0.2) is 24.1 Å². The summed E-state index contributed by atoms with van der Waals surface area (Å²) in [4.78, 5) is 3.42. The number of rotatable bonds is 4. The lowest BCUT2D eigenvalue weighted by atomic mass is 9.81. The van der Waals surface area contributed by atoms with Crippen molar-refractivity contribution in [3.05, 3.63) is 101 Å². The average Bonchev–Trinajstić information content (AvgIpc) is 2.84. The molecule has 27 heavy (non-hydrogen) atoms. The van der Waals surface area contributed by atoms with Crippen molar-refractivity contribution >= 4 is 11.8 Å². The Morgan fingerprint density at radius 2 is 1.70 bits per heavy atom. The van der Waals surface area contributed by atoms with E-state index in [0.29, 0.717) is 0 Å². The molecule has 2 atom stereocenters. The van der Waals surface area contributed by atoms with Crippen molar-refractivity contribution in [2.75, 3.05) is 14.1 Å². The SMILES string of the molecule is CN(C)Cc1cccc([C@H](O)[C@H]2c3ccccc3CSc3ccccc32)c1. The van der Waals surface area contributed by atoms with Gasteiger partial charge in [-0.3, -0.25) is 0 Å². The van der Waals surface area contributed by atoms with Gasteiger partial charge in [-0.25, -0.2) is 0 Å². The molecular formula is C24H25NOS. The molecule has 1 aliphatic rings. The van der Waals surface area contributed by atoms with Gasteiger partial charge in [0.15, 0.2) is 0 Å². The maximum atomic E-state index is 11.5. The summed E-state index contributed by atoms with van der Waals surface area (Å²) in [6, 6.07) is 25.4. The minimum Gasteiger partial charge on any atom is -0.387 e. The van der Waals surface area contributed by atoms with Crippen molar-refractivity contribution < 1.29 is 5.11 Å². The second-order valence-electron chi connectivity index (χ2n) is 7.43. The summed E-state index contributed by atoms with van der Waals surface area (Å²) in [6.07, 6.45) is -0.576. The number of aliphatic hydroxyl groups excluding tert-OH is 1. The maximum absolute atomic E-state index is 11.5. The minimum absolute atomic E-state index is 0.0537. The number of aliphatic hydroxyl groups is 1. The zero-order valence-corrected chi connectivity index (χ0v) is 16.6. The van der Waals surface area contributed by atoms with Gasteiger partial charge in [0.2, 0.25) is 0 Å². The molecule has 0 aliphatic carbocycles. The summed E-state index contributed by atoms with van der Waals surface area (Å²) in [5.41, 5.74) is 5.97. The fourth-order valence-corrected chi connectivity index (χ4v) is 5.04. The van der Waals surface area contributed by atoms with Gasteiger partial charge >= 0.3 is 0 Å². The molecule has 4 rings (SSSR count). The van der Waals surface area contributed by atoms with Gasteiger partial charge in [0.25, 0.3) is 0 Å². The molecular weight excluding hydrogens is 350 g/mol. The molecule has 0 amide bonds. The van der Waals surface area contributed by atoms with Crippen LogP contribution in [0.25, 0.3) is 0 Å². The van der Waals surface area contributed by atoms with Gasteiger partial charge < -0.3 is 10.0 Å². The van der Waals surface area contributed by atoms with Crippen LogP contribution in [0.1, 0.15) is 39.8 Å². The molecule has 0 saturated carbocycles. The minimum atomic E-state index is -0.576. The Kier molecular flexibility index (Phi) is 5.35. The highest BCUT2D eigenvalue weighted by Gasteiger charge is 2.30. The first-order valence-corrected chi connectivity index (χ1v) is 10.3. The Balaban J connectivity index is 1.80. The lowest BCUT2D eigenvalue weighted by molar-refractivity contribution is 0.158. The molecule has 138 valence electrons. The van der Waals surface area contributed by atoms with Crippen LogP contribution in [0.15, 0.2) is 77.7 Å². The molecule has 1 heterocycles. The van der Waals surface area contributed by atoms with E-state index in [0.717, 1.165) is 17.9 Å². The third kappa shape index (κ3) is 3.81. The summed E-state index contributed by atoms with van der Waals surface area (Å²) in [5, 5.41) is 11.5. The largest absolute Gasteiger partial charge is 0.387 e. The number of thioether (sulfide) groups is 1. The molecule has 0 unspecified atom stereocenters. The second kappa shape index (κ2) is 7.89. The third-order valence-electron chi connectivity index (χ3n) is 5.13. The fourth-order valence-electron chi connectivity index (χ4n) is 3.93. The summed E-state index contributed by atoms with van der Waals surface area (Å²) in [5.74, 6) is 0.888. The first kappa shape index (κ1) is 18.3. The van der Waals surface area contributed by atoms with Crippen LogP contribution in [0.5, 0.6) is 0 Å². The predicted octanol–water partition coefficient (Wildman–Crippen LogP) is 5.22. The summed E-state index contributed by atoms with van der Waals surface area (Å²) in [7, 11) is 4.14. The topological polar surface area (TPSA) is 23.5 Å². The van der Waals surface area contributed by atoms with Crippen LogP contribution in [0.3, 0.4) is 0 Å². The molecule has 3 heteroatoms. The Morgan fingerprint density at radius 3 is 2.52 bits per heavy atom. The molecule has 3 aromatic carbocycles. The van der Waals surface area contributed by atoms with Crippen LogP contribution in [0, 0.1) is 0 Å². The molecule has 0 radical (unpaired) electrons. The van der Waals surface area contributed by atoms with E-state index in [1.54, 1.807) is 0 Å². The summed E-state index contributed by atoms with van der Waals surface area (Å²) < 4.78 is 0. The van der Waals surface area contributed by atoms with Crippen molar-refractivity contribution in [3.8, 4) is 0 Å². The second-order valence-corrected chi connectivity index (χ2v) is 8.45. The number of hydrogen-bond donors (Lipinski definition) is 1. The fraction of sp³-hybridized carbons (Fsp3) is 0.250. The highest BCUT2D eigenvalue weighted by molar-refractivity contribution is 7.98. The van der Waals surface area contributed by atoms with Gasteiger partial charge in [0, 0.05) is 23.1 Å². The van der Waals surface area contributed by atoms with Crippen molar-refractivity contribution in [3.63, 3.8) is 0 Å². The average molecular weight is 376 g/mol. The van der Waals surface area contributed by atoms with Crippen molar-refractivity contribution in [2.24, 2.45) is 0 Å². The molecule has 0 bridgehead atoms. The van der Waals surface area contributed by atoms with Crippen LogP contribution >= 0.6 is 11.8 Å². The molecule has 0 saturated heterocycles. The Morgan fingerprint density at radius 1 is 0.963 bits per heavy atom. The van der Waals surface area contributed by atoms with Gasteiger partial charge in [-0.1, -0.05) is 66.7 Å². The molecule has 0 fully saturated rings. The quantitative estimate of drug-likeness (QED) is 0.676. The van der Waals surface area contributed by atoms with Crippen LogP contribution in [0.4, 0.5) is 0 Å². The molecule has 0 spiro atoms. The molecule has 3 aromatic rings. The van der Waals surface area contributed by atoms with Crippen molar-refractivity contribution in [1.82, 2.24) is 4.90 Å². The number of hydrogen-bond acceptors (Lipinski definition) is 3. The van der Waals surface area contributed by atoms with Gasteiger partial charge in [-0.05, 0) is 48.0 Å². The smallest absolute Gasteiger partial charge is 0.0899 e. The molecule has 2 nitrogen and oxygen atoms in total. The van der Waals surface area contributed by atoms with Gasteiger partial charge in [0.05, 0.1) is 6.10 Å². The van der Waals surface area contributed by atoms with Gasteiger partial charge in [-0.15, -0.1) is 11.8 Å². The van der Waals surface area contributed by atoms with E-state index in [4.69, 9.17) is 0 Å². The van der Waals surface area contributed by atoms with Crippen molar-refractivity contribution in [1.29, 1.82) is 0 Å². The Labute approximate surface area is 165 Å². The first-order chi connectivity index (χ1) is 13.1. The third-order valence-corrected chi connectivity index (χ3v) is 6.27. The van der Waals surface area contributed by atoms with E-state index in [9.17, 15) is 5.11 Å². The van der Waals surface area contributed by atoms with Crippen molar-refractivity contribution in [2.45, 2.75) is 29.2 Å². The molecule has 1 aliphatic heterocycles. The van der Waals surface area contributed by atoms with Crippen LogP contribution in [-0.2, 0) is 12.3 Å². The highest BCUT2D eigenvalue weighted by atomic mass is 32.2. The zero-order valence-electron chi connectivity index (χ0n) is 15.8. The Bertz CT molecular complexity index is 889. The first-order valence-electron chi connectivity index (χ1n) is 9.34. The monoisotopic (exact) mass is 375 g/mol. The normalized spacial score (nSPS) is 17.1. The zero-order chi connectivity index (χ0) is 18.8. The lowest BCUT2D eigenvalue weighted by Gasteiger charge is -2.26. The number of nitrogens with zero attached hydrogens (tertiary/aromatic N) is 1. The molecule has 1 N–H and O–H groups in total. The summed E-state index contributed by atoms with van der Waals surface area (Å²) >= 11 is 1.86. The maximum Gasteiger partial charge on any atom is 0.0899 e. The van der Waals surface area contributed by atoms with Gasteiger partial charge in [0.1, 0.15) is 0 Å². The van der Waals surface area contributed by atoms with E-state index >= 15 is 0 Å². The standard InChI is InChI=1S/C24H25NOS/c1-25(2)15-17-8-7-10-18(14-17)24(26)23-20-11-4-3-9-19(20)16-27-22-13-6-5-12-21(22)23/h3-14,23-24,26H,15-16H2,1-2H3/t23-,24-/m0/s1. The van der Waals surface area contributed by atoms with E-state index in [1.807, 2.05) is 17.8 Å². The molecule has 0 aromatic heterocycles. The lowest BCUT2D eigenvalue weighted by Crippen LogP contribution is -2.15. The Hall–Kier alpha value is -2.07. The number of fused-ring (bicyclic) bond motifs is 2. The van der Waals surface area contributed by atoms with Gasteiger partial charge in [-0.2, -0.15) is 0 Å².